The van der Waals surface area contributed by atoms with Crippen molar-refractivity contribution in [3.8, 4) is 0 Å². The van der Waals surface area contributed by atoms with E-state index in [4.69, 9.17) is 0 Å². The van der Waals surface area contributed by atoms with Crippen LogP contribution in [-0.4, -0.2) is 16.0 Å². The number of rotatable bonds is 5. The summed E-state index contributed by atoms with van der Waals surface area (Å²) in [6.45, 7) is 2.02. The molecule has 0 aliphatic heterocycles. The van der Waals surface area contributed by atoms with E-state index in [1.54, 1.807) is 0 Å². The quantitative estimate of drug-likeness (QED) is 0.665. The van der Waals surface area contributed by atoms with Gasteiger partial charge in [0.05, 0.1) is 16.4 Å². The molecule has 6 heteroatoms. The summed E-state index contributed by atoms with van der Waals surface area (Å²) in [5, 5.41) is 20.3. The zero-order valence-electron chi connectivity index (χ0n) is 11.8. The standard InChI is InChI=1S/C15H18FNO4/c1-2-10-3-4-15(8-10,14(18)19)9-11-5-12(16)7-13(6-11)17(20)21/h5-7,10H,2-4,8-9H2,1H3,(H,18,19). The first-order chi connectivity index (χ1) is 9.86. The summed E-state index contributed by atoms with van der Waals surface area (Å²) in [5.41, 5.74) is -0.890. The van der Waals surface area contributed by atoms with E-state index in [9.17, 15) is 24.4 Å². The SMILES string of the molecule is CCC1CCC(Cc2cc(F)cc([N+](=O)[O-])c2)(C(=O)O)C1. The minimum atomic E-state index is -0.928. The molecule has 0 bridgehead atoms. The number of halogens is 1. The highest BCUT2D eigenvalue weighted by Crippen LogP contribution is 2.46. The van der Waals surface area contributed by atoms with Crippen LogP contribution in [0.25, 0.3) is 0 Å². The summed E-state index contributed by atoms with van der Waals surface area (Å²) in [6.07, 6.45) is 2.96. The average Bonchev–Trinajstić information content (AvgIpc) is 2.82. The normalized spacial score (nSPS) is 25.0. The third-order valence-electron chi connectivity index (χ3n) is 4.44. The molecule has 1 aliphatic carbocycles. The Bertz CT molecular complexity index is 575. The van der Waals surface area contributed by atoms with Crippen LogP contribution in [0.15, 0.2) is 18.2 Å². The largest absolute Gasteiger partial charge is 0.481 e. The molecule has 2 rings (SSSR count). The molecule has 0 heterocycles. The van der Waals surface area contributed by atoms with Crippen LogP contribution in [0.1, 0.15) is 38.2 Å². The second kappa shape index (κ2) is 5.79. The highest BCUT2D eigenvalue weighted by atomic mass is 19.1. The molecule has 1 N–H and O–H groups in total. The van der Waals surface area contributed by atoms with Gasteiger partial charge < -0.3 is 5.11 Å². The molecule has 0 radical (unpaired) electrons. The van der Waals surface area contributed by atoms with E-state index in [1.807, 2.05) is 6.92 Å². The summed E-state index contributed by atoms with van der Waals surface area (Å²) < 4.78 is 13.5. The molecule has 0 spiro atoms. The maximum atomic E-state index is 13.5. The Kier molecular flexibility index (Phi) is 4.25. The van der Waals surface area contributed by atoms with Crippen molar-refractivity contribution in [1.82, 2.24) is 0 Å². The predicted molar refractivity (Wildman–Crippen MR) is 74.5 cm³/mol. The van der Waals surface area contributed by atoms with E-state index in [-0.39, 0.29) is 12.1 Å². The van der Waals surface area contributed by atoms with Crippen molar-refractivity contribution in [2.75, 3.05) is 0 Å². The van der Waals surface area contributed by atoms with Crippen LogP contribution in [0.2, 0.25) is 0 Å². The van der Waals surface area contributed by atoms with Gasteiger partial charge in [0.1, 0.15) is 5.82 Å². The fourth-order valence-corrected chi connectivity index (χ4v) is 3.25. The van der Waals surface area contributed by atoms with Crippen molar-refractivity contribution < 1.29 is 19.2 Å². The Hall–Kier alpha value is -1.98. The van der Waals surface area contributed by atoms with E-state index in [2.05, 4.69) is 0 Å². The molecule has 1 aromatic carbocycles. The number of hydrogen-bond donors (Lipinski definition) is 1. The molecule has 1 saturated carbocycles. The molecule has 1 aliphatic rings. The smallest absolute Gasteiger partial charge is 0.309 e. The fourth-order valence-electron chi connectivity index (χ4n) is 3.25. The summed E-state index contributed by atoms with van der Waals surface area (Å²) in [5.74, 6) is -1.25. The van der Waals surface area contributed by atoms with Crippen molar-refractivity contribution in [2.45, 2.75) is 39.0 Å². The number of carboxylic acids is 1. The van der Waals surface area contributed by atoms with Crippen LogP contribution in [0.5, 0.6) is 0 Å². The van der Waals surface area contributed by atoms with E-state index < -0.39 is 22.1 Å². The van der Waals surface area contributed by atoms with Crippen LogP contribution in [0.3, 0.4) is 0 Å². The molecule has 0 saturated heterocycles. The van der Waals surface area contributed by atoms with E-state index in [0.29, 0.717) is 24.3 Å². The summed E-state index contributed by atoms with van der Waals surface area (Å²) in [4.78, 5) is 21.8. The number of carboxylic acid groups (broad SMARTS) is 1. The Morgan fingerprint density at radius 3 is 2.76 bits per heavy atom. The molecule has 2 atom stereocenters. The zero-order valence-corrected chi connectivity index (χ0v) is 11.8. The second-order valence-corrected chi connectivity index (χ2v) is 5.85. The van der Waals surface area contributed by atoms with E-state index >= 15 is 0 Å². The van der Waals surface area contributed by atoms with Crippen LogP contribution >= 0.6 is 0 Å². The topological polar surface area (TPSA) is 80.4 Å². The predicted octanol–water partition coefficient (Wildman–Crippen LogP) is 3.56. The molecular weight excluding hydrogens is 277 g/mol. The lowest BCUT2D eigenvalue weighted by atomic mass is 9.79. The Labute approximate surface area is 121 Å². The summed E-state index contributed by atoms with van der Waals surface area (Å²) in [7, 11) is 0. The molecule has 114 valence electrons. The van der Waals surface area contributed by atoms with Gasteiger partial charge in [-0.2, -0.15) is 0 Å². The van der Waals surface area contributed by atoms with E-state index in [0.717, 1.165) is 18.9 Å². The highest BCUT2D eigenvalue weighted by Gasteiger charge is 2.45. The van der Waals surface area contributed by atoms with Crippen molar-refractivity contribution in [3.63, 3.8) is 0 Å². The molecule has 1 aromatic rings. The lowest BCUT2D eigenvalue weighted by molar-refractivity contribution is -0.385. The van der Waals surface area contributed by atoms with Gasteiger partial charge in [-0.1, -0.05) is 13.3 Å². The van der Waals surface area contributed by atoms with Crippen LogP contribution < -0.4 is 0 Å². The fraction of sp³-hybridized carbons (Fsp3) is 0.533. The summed E-state index contributed by atoms with van der Waals surface area (Å²) >= 11 is 0. The first-order valence-electron chi connectivity index (χ1n) is 7.03. The zero-order chi connectivity index (χ0) is 15.6. The number of nitrogens with zero attached hydrogens (tertiary/aromatic N) is 1. The molecular formula is C15H18FNO4. The van der Waals surface area contributed by atoms with Crippen LogP contribution in [0.4, 0.5) is 10.1 Å². The third kappa shape index (κ3) is 3.20. The molecule has 21 heavy (non-hydrogen) atoms. The number of non-ortho nitro benzene ring substituents is 1. The first kappa shape index (κ1) is 15.4. The monoisotopic (exact) mass is 295 g/mol. The molecule has 0 amide bonds. The maximum Gasteiger partial charge on any atom is 0.309 e. The van der Waals surface area contributed by atoms with Crippen LogP contribution in [0, 0.1) is 27.3 Å². The van der Waals surface area contributed by atoms with Gasteiger partial charge in [0.2, 0.25) is 0 Å². The Morgan fingerprint density at radius 2 is 2.24 bits per heavy atom. The van der Waals surface area contributed by atoms with Crippen molar-refractivity contribution >= 4 is 11.7 Å². The maximum absolute atomic E-state index is 13.5. The van der Waals surface area contributed by atoms with Gasteiger partial charge in [-0.05, 0) is 43.2 Å². The highest BCUT2D eigenvalue weighted by molar-refractivity contribution is 5.75. The number of hydrogen-bond acceptors (Lipinski definition) is 3. The number of nitro benzene ring substituents is 1. The van der Waals surface area contributed by atoms with Gasteiger partial charge in [0.15, 0.2) is 0 Å². The molecule has 0 aromatic heterocycles. The van der Waals surface area contributed by atoms with Crippen molar-refractivity contribution in [2.24, 2.45) is 11.3 Å². The van der Waals surface area contributed by atoms with Gasteiger partial charge in [-0.15, -0.1) is 0 Å². The van der Waals surface area contributed by atoms with Crippen molar-refractivity contribution in [3.05, 3.63) is 39.7 Å². The number of carbonyl (C=O) groups is 1. The average molecular weight is 295 g/mol. The van der Waals surface area contributed by atoms with Gasteiger partial charge >= 0.3 is 5.97 Å². The third-order valence-corrected chi connectivity index (χ3v) is 4.44. The van der Waals surface area contributed by atoms with E-state index in [1.165, 1.54) is 12.1 Å². The van der Waals surface area contributed by atoms with Gasteiger partial charge in [-0.3, -0.25) is 14.9 Å². The Balaban J connectivity index is 2.30. The van der Waals surface area contributed by atoms with Gasteiger partial charge in [0, 0.05) is 6.07 Å². The lowest BCUT2D eigenvalue weighted by Gasteiger charge is -2.24. The minimum absolute atomic E-state index is 0.136. The van der Waals surface area contributed by atoms with Crippen LogP contribution in [-0.2, 0) is 11.2 Å². The molecule has 5 nitrogen and oxygen atoms in total. The number of aliphatic carboxylic acids is 1. The number of nitro groups is 1. The minimum Gasteiger partial charge on any atom is -0.481 e. The Morgan fingerprint density at radius 1 is 1.52 bits per heavy atom. The molecule has 2 unspecified atom stereocenters. The second-order valence-electron chi connectivity index (χ2n) is 5.85. The molecule has 1 fully saturated rings. The lowest BCUT2D eigenvalue weighted by Crippen LogP contribution is -2.30. The number of benzene rings is 1. The first-order valence-corrected chi connectivity index (χ1v) is 7.03. The summed E-state index contributed by atoms with van der Waals surface area (Å²) in [6, 6.07) is 3.31. The van der Waals surface area contributed by atoms with Crippen molar-refractivity contribution in [1.29, 1.82) is 0 Å². The van der Waals surface area contributed by atoms with Gasteiger partial charge in [0.25, 0.3) is 5.69 Å². The van der Waals surface area contributed by atoms with Gasteiger partial charge in [-0.25, -0.2) is 4.39 Å².